The van der Waals surface area contributed by atoms with Crippen molar-refractivity contribution in [2.45, 2.75) is 19.9 Å². The summed E-state index contributed by atoms with van der Waals surface area (Å²) < 4.78 is 5.20. The number of aromatic amines is 1. The molecule has 1 aromatic heterocycles. The highest BCUT2D eigenvalue weighted by molar-refractivity contribution is 6.31. The lowest BCUT2D eigenvalue weighted by Gasteiger charge is -2.22. The van der Waals surface area contributed by atoms with E-state index in [2.05, 4.69) is 9.97 Å². The number of nitrogens with one attached hydrogen (secondary N) is 1. The predicted octanol–water partition coefficient (Wildman–Crippen LogP) is 3.64. The summed E-state index contributed by atoms with van der Waals surface area (Å²) >= 11 is 6.01. The van der Waals surface area contributed by atoms with Gasteiger partial charge in [-0.15, -0.1) is 0 Å². The molecule has 6 nitrogen and oxygen atoms in total. The number of H-pyrrole nitrogens is 1. The van der Waals surface area contributed by atoms with Gasteiger partial charge in [-0.2, -0.15) is 0 Å². The van der Waals surface area contributed by atoms with Gasteiger partial charge in [-0.25, -0.2) is 4.98 Å². The van der Waals surface area contributed by atoms with E-state index < -0.39 is 0 Å². The fourth-order valence-electron chi connectivity index (χ4n) is 2.88. The number of halogens is 1. The van der Waals surface area contributed by atoms with Gasteiger partial charge in [0.25, 0.3) is 11.5 Å². The average Bonchev–Trinajstić information content (AvgIpc) is 2.66. The van der Waals surface area contributed by atoms with Gasteiger partial charge in [-0.05, 0) is 42.8 Å². The van der Waals surface area contributed by atoms with Crippen molar-refractivity contribution in [1.82, 2.24) is 14.9 Å². The molecule has 1 heterocycles. The number of carbonyl (C=O) groups is 1. The maximum atomic E-state index is 12.9. The molecule has 0 atom stereocenters. The van der Waals surface area contributed by atoms with Crippen LogP contribution in [0.25, 0.3) is 10.9 Å². The van der Waals surface area contributed by atoms with E-state index in [4.69, 9.17) is 16.3 Å². The maximum absolute atomic E-state index is 12.9. The van der Waals surface area contributed by atoms with Crippen LogP contribution in [0.3, 0.4) is 0 Å². The molecule has 2 aromatic carbocycles. The third-order valence-corrected chi connectivity index (χ3v) is 4.39. The highest BCUT2D eigenvalue weighted by Crippen LogP contribution is 2.17. The Bertz CT molecular complexity index is 1030. The predicted molar refractivity (Wildman–Crippen MR) is 105 cm³/mol. The van der Waals surface area contributed by atoms with Gasteiger partial charge in [0.15, 0.2) is 0 Å². The number of benzene rings is 2. The van der Waals surface area contributed by atoms with Gasteiger partial charge in [0.05, 0.1) is 24.6 Å². The van der Waals surface area contributed by atoms with Crippen molar-refractivity contribution >= 4 is 28.4 Å². The normalized spacial score (nSPS) is 10.8. The fraction of sp³-hybridized carbons (Fsp3) is 0.250. The second-order valence-corrected chi connectivity index (χ2v) is 6.57. The van der Waals surface area contributed by atoms with E-state index >= 15 is 0 Å². The SMILES string of the molecule is CCCN(Cc1nc2cc(Cl)ccc2c(=O)[nH]1)C(=O)c1cccc(OC)c1. The standard InChI is InChI=1S/C20H20ClN3O3/c1-3-9-24(20(26)13-5-4-6-15(10-13)27-2)12-18-22-17-11-14(21)7-8-16(17)19(25)23-18/h4-8,10-11H,3,9,12H2,1-2H3,(H,22,23,25). The van der Waals surface area contributed by atoms with E-state index in [-0.39, 0.29) is 18.0 Å². The zero-order valence-electron chi connectivity index (χ0n) is 15.2. The molecule has 3 rings (SSSR count). The minimum absolute atomic E-state index is 0.149. The topological polar surface area (TPSA) is 75.3 Å². The van der Waals surface area contributed by atoms with Crippen molar-refractivity contribution in [3.63, 3.8) is 0 Å². The average molecular weight is 386 g/mol. The Morgan fingerprint density at radius 2 is 2.07 bits per heavy atom. The summed E-state index contributed by atoms with van der Waals surface area (Å²) in [6, 6.07) is 11.9. The molecule has 140 valence electrons. The summed E-state index contributed by atoms with van der Waals surface area (Å²) in [7, 11) is 1.56. The monoisotopic (exact) mass is 385 g/mol. The summed E-state index contributed by atoms with van der Waals surface area (Å²) in [6.07, 6.45) is 0.777. The van der Waals surface area contributed by atoms with Crippen molar-refractivity contribution in [2.24, 2.45) is 0 Å². The number of nitrogens with zero attached hydrogens (tertiary/aromatic N) is 2. The van der Waals surface area contributed by atoms with Crippen molar-refractivity contribution in [3.05, 3.63) is 69.2 Å². The molecule has 0 bridgehead atoms. The smallest absolute Gasteiger partial charge is 0.258 e. The first-order valence-corrected chi connectivity index (χ1v) is 9.01. The summed E-state index contributed by atoms with van der Waals surface area (Å²) in [6.45, 7) is 2.72. The van der Waals surface area contributed by atoms with Gasteiger partial charge in [0.2, 0.25) is 0 Å². The van der Waals surface area contributed by atoms with Crippen LogP contribution in [0.5, 0.6) is 5.75 Å². The van der Waals surface area contributed by atoms with E-state index in [0.717, 1.165) is 6.42 Å². The molecule has 1 amide bonds. The maximum Gasteiger partial charge on any atom is 0.258 e. The van der Waals surface area contributed by atoms with Gasteiger partial charge in [0, 0.05) is 17.1 Å². The molecule has 27 heavy (non-hydrogen) atoms. The van der Waals surface area contributed by atoms with Crippen LogP contribution in [-0.2, 0) is 6.54 Å². The van der Waals surface area contributed by atoms with Crippen LogP contribution in [0.2, 0.25) is 5.02 Å². The van der Waals surface area contributed by atoms with Crippen molar-refractivity contribution < 1.29 is 9.53 Å². The number of ether oxygens (including phenoxy) is 1. The molecular weight excluding hydrogens is 366 g/mol. The van der Waals surface area contributed by atoms with Crippen molar-refractivity contribution in [2.75, 3.05) is 13.7 Å². The Balaban J connectivity index is 1.93. The molecule has 0 spiro atoms. The Labute approximate surface area is 161 Å². The first-order valence-electron chi connectivity index (χ1n) is 8.63. The minimum Gasteiger partial charge on any atom is -0.497 e. The summed E-state index contributed by atoms with van der Waals surface area (Å²) in [5.41, 5.74) is 0.775. The number of amides is 1. The van der Waals surface area contributed by atoms with E-state index in [9.17, 15) is 9.59 Å². The summed E-state index contributed by atoms with van der Waals surface area (Å²) in [5, 5.41) is 0.966. The zero-order valence-corrected chi connectivity index (χ0v) is 15.9. The van der Waals surface area contributed by atoms with E-state index in [1.54, 1.807) is 54.5 Å². The first-order chi connectivity index (χ1) is 13.0. The van der Waals surface area contributed by atoms with Crippen molar-refractivity contribution in [1.29, 1.82) is 0 Å². The number of aromatic nitrogens is 2. The number of methoxy groups -OCH3 is 1. The Morgan fingerprint density at radius 1 is 1.26 bits per heavy atom. The van der Waals surface area contributed by atoms with E-state index in [1.165, 1.54) is 0 Å². The molecule has 0 fully saturated rings. The molecule has 1 N–H and O–H groups in total. The lowest BCUT2D eigenvalue weighted by Crippen LogP contribution is -2.32. The Morgan fingerprint density at radius 3 is 2.81 bits per heavy atom. The Hall–Kier alpha value is -2.86. The van der Waals surface area contributed by atoms with Crippen LogP contribution >= 0.6 is 11.6 Å². The highest BCUT2D eigenvalue weighted by Gasteiger charge is 2.17. The molecule has 0 aliphatic rings. The van der Waals surface area contributed by atoms with E-state index in [0.29, 0.717) is 39.6 Å². The number of hydrogen-bond donors (Lipinski definition) is 1. The van der Waals surface area contributed by atoms with Crippen LogP contribution in [-0.4, -0.2) is 34.4 Å². The third-order valence-electron chi connectivity index (χ3n) is 4.16. The minimum atomic E-state index is -0.253. The quantitative estimate of drug-likeness (QED) is 0.703. The van der Waals surface area contributed by atoms with Crippen molar-refractivity contribution in [3.8, 4) is 5.75 Å². The Kier molecular flexibility index (Phi) is 5.76. The third kappa shape index (κ3) is 4.28. The fourth-order valence-corrected chi connectivity index (χ4v) is 3.04. The lowest BCUT2D eigenvalue weighted by atomic mass is 10.1. The second kappa shape index (κ2) is 8.22. The van der Waals surface area contributed by atoms with Gasteiger partial charge < -0.3 is 14.6 Å². The molecule has 3 aromatic rings. The molecular formula is C20H20ClN3O3. The second-order valence-electron chi connectivity index (χ2n) is 6.13. The summed E-state index contributed by atoms with van der Waals surface area (Å²) in [5.74, 6) is 0.883. The van der Waals surface area contributed by atoms with E-state index in [1.807, 2.05) is 6.92 Å². The number of fused-ring (bicyclic) bond motifs is 1. The number of rotatable bonds is 6. The largest absolute Gasteiger partial charge is 0.497 e. The molecule has 0 radical (unpaired) electrons. The zero-order chi connectivity index (χ0) is 19.4. The molecule has 0 saturated heterocycles. The summed E-state index contributed by atoms with van der Waals surface area (Å²) in [4.78, 5) is 34.1. The van der Waals surface area contributed by atoms with Crippen LogP contribution in [0, 0.1) is 0 Å². The lowest BCUT2D eigenvalue weighted by molar-refractivity contribution is 0.0738. The van der Waals surface area contributed by atoms with Crippen LogP contribution in [0.15, 0.2) is 47.3 Å². The number of hydrogen-bond acceptors (Lipinski definition) is 4. The van der Waals surface area contributed by atoms with Gasteiger partial charge in [-0.3, -0.25) is 9.59 Å². The van der Waals surface area contributed by atoms with Crippen LogP contribution < -0.4 is 10.3 Å². The molecule has 0 unspecified atom stereocenters. The van der Waals surface area contributed by atoms with Gasteiger partial charge in [-0.1, -0.05) is 24.6 Å². The molecule has 0 aliphatic heterocycles. The molecule has 0 aliphatic carbocycles. The van der Waals surface area contributed by atoms with Gasteiger partial charge >= 0.3 is 0 Å². The molecule has 0 saturated carbocycles. The van der Waals surface area contributed by atoms with Crippen LogP contribution in [0.4, 0.5) is 0 Å². The van der Waals surface area contributed by atoms with Crippen LogP contribution in [0.1, 0.15) is 29.5 Å². The number of carbonyl (C=O) groups excluding carboxylic acids is 1. The molecule has 7 heteroatoms. The highest BCUT2D eigenvalue weighted by atomic mass is 35.5. The first kappa shape index (κ1) is 18.9. The van der Waals surface area contributed by atoms with Gasteiger partial charge in [0.1, 0.15) is 11.6 Å².